The number of benzene rings is 3. The second-order valence-electron chi connectivity index (χ2n) is 17.6. The standard InChI is InChI=1S/C57H70N5O5P/c1-44(2)62(45(3)4)68(67-41-19-38-58)66-40-17-9-7-12-20-46-25-35-53(59-42-46)55-23-18-24-56(61-55)54-36-34-52(43-60-54)65-39-16-10-8-15-37-57(47-21-13-11-14-22-47,48-26-30-50(63-5)31-27-48)49-28-32-51(64-6)33-29-49/h11,13-14,18,21-36,42-45H,7-10,12,15-17,19-20,37,39-41H2,1-6H3. The molecule has 0 radical (unpaired) electrons. The highest BCUT2D eigenvalue weighted by atomic mass is 31.2. The number of nitrogens with zero attached hydrogens (tertiary/aromatic N) is 5. The van der Waals surface area contributed by atoms with E-state index in [0.29, 0.717) is 38.3 Å². The summed E-state index contributed by atoms with van der Waals surface area (Å²) in [6.45, 7) is 10.3. The molecule has 3 heterocycles. The molecule has 0 aliphatic heterocycles. The number of unbranched alkanes of at least 4 members (excludes halogenated alkanes) is 6. The van der Waals surface area contributed by atoms with Gasteiger partial charge in [0.2, 0.25) is 0 Å². The number of hydrogen-bond donors (Lipinski definition) is 0. The zero-order chi connectivity index (χ0) is 48.0. The average Bonchev–Trinajstić information content (AvgIpc) is 3.37. The van der Waals surface area contributed by atoms with Crippen LogP contribution in [0.4, 0.5) is 0 Å². The topological polar surface area (TPSA) is 112 Å². The number of nitriles is 1. The Kier molecular flexibility index (Phi) is 20.8. The number of rotatable bonds is 29. The molecule has 0 fully saturated rings. The van der Waals surface area contributed by atoms with Gasteiger partial charge >= 0.3 is 0 Å². The lowest BCUT2D eigenvalue weighted by Crippen LogP contribution is -2.33. The lowest BCUT2D eigenvalue weighted by Gasteiger charge is -2.36. The molecule has 358 valence electrons. The fraction of sp³-hybridized carbons (Fsp3) is 0.404. The third kappa shape index (κ3) is 14.7. The zero-order valence-electron chi connectivity index (χ0n) is 41.0. The number of hydrogen-bond acceptors (Lipinski definition) is 10. The summed E-state index contributed by atoms with van der Waals surface area (Å²) in [7, 11) is 2.24. The van der Waals surface area contributed by atoms with Crippen molar-refractivity contribution in [2.45, 2.75) is 116 Å². The molecule has 0 saturated carbocycles. The first kappa shape index (κ1) is 51.7. The summed E-state index contributed by atoms with van der Waals surface area (Å²) >= 11 is 0. The molecule has 0 aliphatic rings. The summed E-state index contributed by atoms with van der Waals surface area (Å²) in [5.74, 6) is 2.45. The van der Waals surface area contributed by atoms with E-state index in [1.54, 1.807) is 20.4 Å². The molecule has 0 aliphatic carbocycles. The Hall–Kier alpha value is -5.69. The van der Waals surface area contributed by atoms with Crippen molar-refractivity contribution < 1.29 is 23.3 Å². The molecule has 10 nitrogen and oxygen atoms in total. The molecule has 0 saturated heterocycles. The Labute approximate surface area is 407 Å². The van der Waals surface area contributed by atoms with E-state index >= 15 is 0 Å². The first-order valence-electron chi connectivity index (χ1n) is 24.3. The lowest BCUT2D eigenvalue weighted by atomic mass is 9.66. The molecule has 0 bridgehead atoms. The van der Waals surface area contributed by atoms with Crippen LogP contribution in [0.15, 0.2) is 134 Å². The second-order valence-corrected chi connectivity index (χ2v) is 19.1. The smallest absolute Gasteiger partial charge is 0.259 e. The molecule has 0 amide bonds. The van der Waals surface area contributed by atoms with Crippen LogP contribution < -0.4 is 14.2 Å². The lowest BCUT2D eigenvalue weighted by molar-refractivity contribution is 0.174. The van der Waals surface area contributed by atoms with Gasteiger partial charge in [-0.3, -0.25) is 9.97 Å². The number of ether oxygens (including phenoxy) is 3. The van der Waals surface area contributed by atoms with Crippen molar-refractivity contribution in [2.75, 3.05) is 34.0 Å². The summed E-state index contributed by atoms with van der Waals surface area (Å²) in [5, 5.41) is 8.96. The van der Waals surface area contributed by atoms with Gasteiger partial charge in [-0.2, -0.15) is 5.26 Å². The predicted octanol–water partition coefficient (Wildman–Crippen LogP) is 14.0. The summed E-state index contributed by atoms with van der Waals surface area (Å²) in [4.78, 5) is 14.4. The molecule has 1 atom stereocenters. The molecule has 1 unspecified atom stereocenters. The highest BCUT2D eigenvalue weighted by Crippen LogP contribution is 2.47. The van der Waals surface area contributed by atoms with E-state index in [2.05, 4.69) is 129 Å². The quantitative estimate of drug-likeness (QED) is 0.0256. The molecule has 0 spiro atoms. The van der Waals surface area contributed by atoms with Gasteiger partial charge in [-0.05, 0) is 137 Å². The zero-order valence-corrected chi connectivity index (χ0v) is 41.9. The highest BCUT2D eigenvalue weighted by Gasteiger charge is 2.36. The summed E-state index contributed by atoms with van der Waals surface area (Å²) < 4.78 is 31.7. The van der Waals surface area contributed by atoms with Crippen molar-refractivity contribution >= 4 is 8.53 Å². The Morgan fingerprint density at radius 1 is 0.544 bits per heavy atom. The van der Waals surface area contributed by atoms with Gasteiger partial charge in [0.15, 0.2) is 0 Å². The third-order valence-corrected chi connectivity index (χ3v) is 14.3. The number of aromatic nitrogens is 3. The minimum atomic E-state index is -1.18. The molecule has 0 N–H and O–H groups in total. The Bertz CT molecular complexity index is 2340. The van der Waals surface area contributed by atoms with E-state index in [4.69, 9.17) is 43.5 Å². The molecule has 11 heteroatoms. The van der Waals surface area contributed by atoms with E-state index < -0.39 is 8.53 Å². The highest BCUT2D eigenvalue weighted by molar-refractivity contribution is 7.44. The third-order valence-electron chi connectivity index (χ3n) is 12.2. The second kappa shape index (κ2) is 27.3. The van der Waals surface area contributed by atoms with Gasteiger partial charge in [0.25, 0.3) is 8.53 Å². The molecular weight excluding hydrogens is 866 g/mol. The van der Waals surface area contributed by atoms with E-state index in [9.17, 15) is 0 Å². The fourth-order valence-corrected chi connectivity index (χ4v) is 10.4. The number of methoxy groups -OCH3 is 2. The number of aryl methyl sites for hydroxylation is 1. The van der Waals surface area contributed by atoms with Crippen molar-refractivity contribution in [2.24, 2.45) is 0 Å². The minimum absolute atomic E-state index is 0.303. The normalized spacial score (nSPS) is 12.1. The molecular formula is C57H70N5O5P. The van der Waals surface area contributed by atoms with Crippen LogP contribution in [0.25, 0.3) is 22.8 Å². The fourth-order valence-electron chi connectivity index (χ4n) is 8.74. The van der Waals surface area contributed by atoms with Crippen LogP contribution in [0.1, 0.15) is 114 Å². The maximum absolute atomic E-state index is 8.96. The minimum Gasteiger partial charge on any atom is -0.497 e. The van der Waals surface area contributed by atoms with Crippen molar-refractivity contribution in [3.63, 3.8) is 0 Å². The van der Waals surface area contributed by atoms with Gasteiger partial charge in [0.05, 0.1) is 75.5 Å². The molecule has 6 aromatic rings. The summed E-state index contributed by atoms with van der Waals surface area (Å²) in [6.07, 6.45) is 14.5. The van der Waals surface area contributed by atoms with Crippen LogP contribution >= 0.6 is 8.53 Å². The van der Waals surface area contributed by atoms with Gasteiger partial charge in [-0.1, -0.05) is 98.8 Å². The first-order chi connectivity index (χ1) is 33.2. The molecule has 3 aromatic heterocycles. The van der Waals surface area contributed by atoms with Crippen LogP contribution in [-0.4, -0.2) is 65.7 Å². The van der Waals surface area contributed by atoms with E-state index in [0.717, 1.165) is 104 Å². The van der Waals surface area contributed by atoms with Crippen LogP contribution in [-0.2, 0) is 20.9 Å². The molecule has 3 aromatic carbocycles. The van der Waals surface area contributed by atoms with Crippen LogP contribution in [0.3, 0.4) is 0 Å². The predicted molar refractivity (Wildman–Crippen MR) is 275 cm³/mol. The van der Waals surface area contributed by atoms with Gasteiger partial charge in [-0.25, -0.2) is 9.65 Å². The Balaban J connectivity index is 0.940. The van der Waals surface area contributed by atoms with Gasteiger partial charge < -0.3 is 23.3 Å². The average molecular weight is 936 g/mol. The van der Waals surface area contributed by atoms with Gasteiger partial charge in [-0.15, -0.1) is 0 Å². The van der Waals surface area contributed by atoms with Crippen molar-refractivity contribution in [1.29, 1.82) is 5.26 Å². The maximum atomic E-state index is 8.96. The summed E-state index contributed by atoms with van der Waals surface area (Å²) in [5.41, 5.74) is 7.88. The van der Waals surface area contributed by atoms with Crippen LogP contribution in [0, 0.1) is 11.3 Å². The Morgan fingerprint density at radius 3 is 1.65 bits per heavy atom. The summed E-state index contributed by atoms with van der Waals surface area (Å²) in [6, 6.07) is 44.8. The van der Waals surface area contributed by atoms with Crippen molar-refractivity contribution in [1.82, 2.24) is 19.6 Å². The number of pyridine rings is 3. The maximum Gasteiger partial charge on any atom is 0.259 e. The van der Waals surface area contributed by atoms with Crippen molar-refractivity contribution in [3.8, 4) is 46.1 Å². The largest absolute Gasteiger partial charge is 0.497 e. The van der Waals surface area contributed by atoms with E-state index in [1.165, 1.54) is 22.3 Å². The molecule has 68 heavy (non-hydrogen) atoms. The SMILES string of the molecule is COc1ccc(C(CCCCCCOc2ccc(-c3cccc(-c4ccc(CCCCCCOP(OCCC#N)N(C(C)C)C(C)C)cn4)n3)nc2)(c2ccccc2)c2ccc(OC)cc2)cc1. The molecule has 6 rings (SSSR count). The van der Waals surface area contributed by atoms with E-state index in [1.807, 2.05) is 36.5 Å². The van der Waals surface area contributed by atoms with E-state index in [-0.39, 0.29) is 5.41 Å². The Morgan fingerprint density at radius 2 is 1.09 bits per heavy atom. The first-order valence-corrected chi connectivity index (χ1v) is 25.5. The monoisotopic (exact) mass is 936 g/mol. The van der Waals surface area contributed by atoms with Crippen molar-refractivity contribution in [3.05, 3.63) is 156 Å². The van der Waals surface area contributed by atoms with Crippen LogP contribution in [0.5, 0.6) is 17.2 Å². The van der Waals surface area contributed by atoms with Gasteiger partial charge in [0, 0.05) is 23.7 Å². The van der Waals surface area contributed by atoms with Crippen LogP contribution in [0.2, 0.25) is 0 Å². The van der Waals surface area contributed by atoms with Gasteiger partial charge in [0.1, 0.15) is 17.2 Å².